The highest BCUT2D eigenvalue weighted by atomic mass is 16.2. The van der Waals surface area contributed by atoms with Gasteiger partial charge >= 0.3 is 0 Å². The molecule has 5 nitrogen and oxygen atoms in total. The number of rotatable bonds is 9. The van der Waals surface area contributed by atoms with E-state index in [0.29, 0.717) is 19.4 Å². The summed E-state index contributed by atoms with van der Waals surface area (Å²) in [5.74, 6) is -1.16. The number of hydrogen-bond donors (Lipinski definition) is 2. The SMILES string of the molecule is CCNC(=O)C(=O)CCCCCCC(N)=O. The molecule has 2 amide bonds. The van der Waals surface area contributed by atoms with Crippen molar-refractivity contribution in [2.45, 2.75) is 45.4 Å². The molecule has 0 aliphatic carbocycles. The van der Waals surface area contributed by atoms with Gasteiger partial charge in [0, 0.05) is 19.4 Å². The van der Waals surface area contributed by atoms with E-state index in [1.54, 1.807) is 6.92 Å². The van der Waals surface area contributed by atoms with Crippen LogP contribution in [0.15, 0.2) is 0 Å². The summed E-state index contributed by atoms with van der Waals surface area (Å²) in [7, 11) is 0. The Balaban J connectivity index is 3.41. The Bertz CT molecular complexity index is 252. The number of carbonyl (C=O) groups excluding carboxylic acids is 3. The van der Waals surface area contributed by atoms with E-state index in [9.17, 15) is 14.4 Å². The van der Waals surface area contributed by atoms with Gasteiger partial charge in [-0.1, -0.05) is 12.8 Å². The summed E-state index contributed by atoms with van der Waals surface area (Å²) in [4.78, 5) is 32.6. The van der Waals surface area contributed by atoms with Crippen LogP contribution in [0.25, 0.3) is 0 Å². The average Bonchev–Trinajstić information content (AvgIpc) is 2.22. The van der Waals surface area contributed by atoms with Crippen LogP contribution in [0.4, 0.5) is 0 Å². The first kappa shape index (κ1) is 14.6. The van der Waals surface area contributed by atoms with Crippen LogP contribution < -0.4 is 11.1 Å². The number of likely N-dealkylation sites (N-methyl/N-ethyl adjacent to an activating group) is 1. The molecule has 0 aliphatic heterocycles. The average molecular weight is 228 g/mol. The van der Waals surface area contributed by atoms with Crippen LogP contribution in [-0.2, 0) is 14.4 Å². The van der Waals surface area contributed by atoms with Crippen molar-refractivity contribution in [1.29, 1.82) is 0 Å². The molecule has 0 saturated heterocycles. The first-order valence-corrected chi connectivity index (χ1v) is 5.67. The zero-order valence-corrected chi connectivity index (χ0v) is 9.75. The van der Waals surface area contributed by atoms with E-state index >= 15 is 0 Å². The van der Waals surface area contributed by atoms with Crippen molar-refractivity contribution in [2.75, 3.05) is 6.54 Å². The maximum Gasteiger partial charge on any atom is 0.287 e. The monoisotopic (exact) mass is 228 g/mol. The minimum atomic E-state index is -0.500. The lowest BCUT2D eigenvalue weighted by Gasteiger charge is -2.01. The molecule has 5 heteroatoms. The van der Waals surface area contributed by atoms with Crippen molar-refractivity contribution >= 4 is 17.6 Å². The van der Waals surface area contributed by atoms with Gasteiger partial charge in [0.15, 0.2) is 0 Å². The quantitative estimate of drug-likeness (QED) is 0.445. The predicted octanol–water partition coefficient (Wildman–Crippen LogP) is 0.517. The van der Waals surface area contributed by atoms with Crippen molar-refractivity contribution in [1.82, 2.24) is 5.32 Å². The lowest BCUT2D eigenvalue weighted by molar-refractivity contribution is -0.137. The van der Waals surface area contributed by atoms with Crippen molar-refractivity contribution in [3.63, 3.8) is 0 Å². The fourth-order valence-corrected chi connectivity index (χ4v) is 1.31. The Morgan fingerprint density at radius 2 is 1.56 bits per heavy atom. The Kier molecular flexibility index (Phi) is 8.11. The van der Waals surface area contributed by atoms with E-state index in [0.717, 1.165) is 19.3 Å². The highest BCUT2D eigenvalue weighted by molar-refractivity contribution is 6.36. The summed E-state index contributed by atoms with van der Waals surface area (Å²) in [6, 6.07) is 0. The van der Waals surface area contributed by atoms with Crippen LogP contribution in [0.1, 0.15) is 45.4 Å². The third kappa shape index (κ3) is 7.96. The van der Waals surface area contributed by atoms with Gasteiger partial charge in [-0.05, 0) is 19.8 Å². The molecular weight excluding hydrogens is 208 g/mol. The highest BCUT2D eigenvalue weighted by Crippen LogP contribution is 2.05. The van der Waals surface area contributed by atoms with Crippen LogP contribution in [-0.4, -0.2) is 24.1 Å². The minimum absolute atomic E-state index is 0.280. The molecule has 0 unspecified atom stereocenters. The van der Waals surface area contributed by atoms with E-state index < -0.39 is 5.91 Å². The highest BCUT2D eigenvalue weighted by Gasteiger charge is 2.10. The van der Waals surface area contributed by atoms with E-state index in [2.05, 4.69) is 5.32 Å². The molecule has 0 rings (SSSR count). The number of Topliss-reactive ketones (excluding diaryl/α,β-unsaturated/α-hetero) is 1. The van der Waals surface area contributed by atoms with Gasteiger partial charge in [-0.3, -0.25) is 14.4 Å². The maximum absolute atomic E-state index is 11.2. The molecule has 0 atom stereocenters. The van der Waals surface area contributed by atoms with Gasteiger partial charge in [0.2, 0.25) is 11.7 Å². The van der Waals surface area contributed by atoms with Crippen LogP contribution in [0.5, 0.6) is 0 Å². The number of nitrogens with two attached hydrogens (primary N) is 1. The Hall–Kier alpha value is -1.39. The number of hydrogen-bond acceptors (Lipinski definition) is 3. The third-order valence-corrected chi connectivity index (χ3v) is 2.17. The number of amides is 2. The first-order chi connectivity index (χ1) is 7.57. The zero-order chi connectivity index (χ0) is 12.4. The topological polar surface area (TPSA) is 89.3 Å². The smallest absolute Gasteiger partial charge is 0.287 e. The van der Waals surface area contributed by atoms with Crippen LogP contribution in [0.2, 0.25) is 0 Å². The molecule has 0 bridgehead atoms. The van der Waals surface area contributed by atoms with Gasteiger partial charge in [0.25, 0.3) is 5.91 Å². The molecule has 0 fully saturated rings. The number of carbonyl (C=O) groups is 3. The maximum atomic E-state index is 11.2. The molecule has 0 heterocycles. The molecule has 0 saturated carbocycles. The lowest BCUT2D eigenvalue weighted by atomic mass is 10.1. The third-order valence-electron chi connectivity index (χ3n) is 2.17. The van der Waals surface area contributed by atoms with E-state index in [-0.39, 0.29) is 18.1 Å². The molecule has 0 aliphatic rings. The summed E-state index contributed by atoms with van der Waals surface area (Å²) in [6.07, 6.45) is 3.83. The zero-order valence-electron chi connectivity index (χ0n) is 9.75. The second kappa shape index (κ2) is 8.88. The fourth-order valence-electron chi connectivity index (χ4n) is 1.31. The van der Waals surface area contributed by atoms with E-state index in [1.165, 1.54) is 0 Å². The lowest BCUT2D eigenvalue weighted by Crippen LogP contribution is -2.30. The molecule has 0 aromatic rings. The molecule has 3 N–H and O–H groups in total. The molecule has 0 aromatic carbocycles. The molecule has 0 radical (unpaired) electrons. The van der Waals surface area contributed by atoms with Crippen molar-refractivity contribution in [3.8, 4) is 0 Å². The number of primary amides is 1. The van der Waals surface area contributed by atoms with Crippen molar-refractivity contribution in [2.24, 2.45) is 5.73 Å². The summed E-state index contributed by atoms with van der Waals surface area (Å²) in [5.41, 5.74) is 4.98. The normalized spacial score (nSPS) is 9.81. The van der Waals surface area contributed by atoms with Gasteiger partial charge < -0.3 is 11.1 Å². The summed E-state index contributed by atoms with van der Waals surface area (Å²) >= 11 is 0. The van der Waals surface area contributed by atoms with Gasteiger partial charge in [0.1, 0.15) is 0 Å². The molecule has 0 aromatic heterocycles. The fraction of sp³-hybridized carbons (Fsp3) is 0.727. The summed E-state index contributed by atoms with van der Waals surface area (Å²) in [5, 5.41) is 2.46. The van der Waals surface area contributed by atoms with Gasteiger partial charge in [-0.2, -0.15) is 0 Å². The van der Waals surface area contributed by atoms with Crippen molar-refractivity contribution < 1.29 is 14.4 Å². The predicted molar refractivity (Wildman–Crippen MR) is 60.6 cm³/mol. The number of ketones is 1. The van der Waals surface area contributed by atoms with Gasteiger partial charge in [-0.15, -0.1) is 0 Å². The second-order valence-electron chi connectivity index (χ2n) is 3.66. The number of unbranched alkanes of at least 4 members (excludes halogenated alkanes) is 3. The molecular formula is C11H20N2O3. The second-order valence-corrected chi connectivity index (χ2v) is 3.66. The standard InChI is InChI=1S/C11H20N2O3/c1-2-13-11(16)9(14)7-5-3-4-6-8-10(12)15/h2-8H2,1H3,(H2,12,15)(H,13,16). The van der Waals surface area contributed by atoms with Crippen LogP contribution in [0, 0.1) is 0 Å². The largest absolute Gasteiger partial charge is 0.370 e. The Labute approximate surface area is 95.8 Å². The van der Waals surface area contributed by atoms with Gasteiger partial charge in [0.05, 0.1) is 0 Å². The molecule has 16 heavy (non-hydrogen) atoms. The Morgan fingerprint density at radius 3 is 2.06 bits per heavy atom. The van der Waals surface area contributed by atoms with Crippen molar-refractivity contribution in [3.05, 3.63) is 0 Å². The summed E-state index contributed by atoms with van der Waals surface area (Å²) < 4.78 is 0. The Morgan fingerprint density at radius 1 is 1.00 bits per heavy atom. The van der Waals surface area contributed by atoms with Gasteiger partial charge in [-0.25, -0.2) is 0 Å². The van der Waals surface area contributed by atoms with E-state index in [1.807, 2.05) is 0 Å². The van der Waals surface area contributed by atoms with Crippen LogP contribution in [0.3, 0.4) is 0 Å². The number of nitrogens with one attached hydrogen (secondary N) is 1. The summed E-state index contributed by atoms with van der Waals surface area (Å²) in [6.45, 7) is 2.25. The van der Waals surface area contributed by atoms with Crippen LogP contribution >= 0.6 is 0 Å². The first-order valence-electron chi connectivity index (χ1n) is 5.67. The molecule has 0 spiro atoms. The molecule has 92 valence electrons. The minimum Gasteiger partial charge on any atom is -0.370 e. The van der Waals surface area contributed by atoms with E-state index in [4.69, 9.17) is 5.73 Å².